The van der Waals surface area contributed by atoms with E-state index in [-0.39, 0.29) is 4.47 Å². The van der Waals surface area contributed by atoms with Gasteiger partial charge in [0, 0.05) is 6.20 Å². The molecule has 1 rings (SSSR count). The monoisotopic (exact) mass is 284 g/mol. The summed E-state index contributed by atoms with van der Waals surface area (Å²) >= 11 is 2.68. The molecule has 0 saturated carbocycles. The predicted molar refractivity (Wildman–Crippen MR) is 43.3 cm³/mol. The second kappa shape index (κ2) is 4.02. The Kier molecular flexibility index (Phi) is 3.14. The number of nitriles is 1. The van der Waals surface area contributed by atoms with E-state index in [0.717, 1.165) is 6.20 Å². The van der Waals surface area contributed by atoms with Crippen LogP contribution in [0.15, 0.2) is 10.7 Å². The Morgan fingerprint density at radius 2 is 2.07 bits per heavy atom. The first-order valence-electron chi connectivity index (χ1n) is 3.35. The molecule has 0 unspecified atom stereocenters. The van der Waals surface area contributed by atoms with E-state index in [1.165, 1.54) is 6.07 Å². The van der Waals surface area contributed by atoms with Crippen LogP contribution in [0, 0.1) is 17.1 Å². The van der Waals surface area contributed by atoms with Crippen LogP contribution in [0.3, 0.4) is 0 Å². The molecule has 0 amide bonds. The number of rotatable bonds is 1. The van der Waals surface area contributed by atoms with Gasteiger partial charge >= 0.3 is 6.36 Å². The minimum absolute atomic E-state index is 0.214. The number of nitrogens with zero attached hydrogens (tertiary/aromatic N) is 2. The molecule has 0 aromatic carbocycles. The topological polar surface area (TPSA) is 45.9 Å². The van der Waals surface area contributed by atoms with Gasteiger partial charge in [0.1, 0.15) is 6.07 Å². The lowest BCUT2D eigenvalue weighted by molar-refractivity contribution is -0.276. The zero-order valence-corrected chi connectivity index (χ0v) is 8.36. The van der Waals surface area contributed by atoms with Gasteiger partial charge in [-0.1, -0.05) is 0 Å². The minimum atomic E-state index is -5.02. The molecule has 3 nitrogen and oxygen atoms in total. The number of aromatic nitrogens is 1. The van der Waals surface area contributed by atoms with Crippen molar-refractivity contribution in [2.45, 2.75) is 6.36 Å². The normalized spacial score (nSPS) is 10.9. The van der Waals surface area contributed by atoms with Gasteiger partial charge in [0.25, 0.3) is 0 Å². The molecule has 1 heterocycles. The van der Waals surface area contributed by atoms with E-state index < -0.39 is 23.6 Å². The first-order valence-corrected chi connectivity index (χ1v) is 4.14. The number of halogens is 5. The van der Waals surface area contributed by atoms with Gasteiger partial charge in [-0.2, -0.15) is 5.26 Å². The van der Waals surface area contributed by atoms with Crippen molar-refractivity contribution in [2.24, 2.45) is 0 Å². The van der Waals surface area contributed by atoms with E-state index in [1.54, 1.807) is 0 Å². The lowest BCUT2D eigenvalue weighted by atomic mass is 10.3. The summed E-state index contributed by atoms with van der Waals surface area (Å²) in [5, 5.41) is 8.42. The van der Waals surface area contributed by atoms with Crippen LogP contribution in [0.4, 0.5) is 17.6 Å². The average Bonchev–Trinajstić information content (AvgIpc) is 2.10. The molecule has 0 N–H and O–H groups in total. The summed E-state index contributed by atoms with van der Waals surface area (Å²) in [6, 6.07) is 1.23. The Balaban J connectivity index is 3.21. The first kappa shape index (κ1) is 11.7. The number of ether oxygens (including phenoxy) is 1. The van der Waals surface area contributed by atoms with E-state index in [0.29, 0.717) is 0 Å². The Labute approximate surface area is 89.4 Å². The largest absolute Gasteiger partial charge is 0.574 e. The molecule has 0 aliphatic heterocycles. The summed E-state index contributed by atoms with van der Waals surface area (Å²) in [7, 11) is 0. The quantitative estimate of drug-likeness (QED) is 0.745. The van der Waals surface area contributed by atoms with E-state index in [9.17, 15) is 17.6 Å². The Morgan fingerprint density at radius 3 is 2.53 bits per heavy atom. The van der Waals surface area contributed by atoms with Gasteiger partial charge in [-0.3, -0.25) is 0 Å². The zero-order valence-electron chi connectivity index (χ0n) is 6.77. The fraction of sp³-hybridized carbons (Fsp3) is 0.143. The van der Waals surface area contributed by atoms with E-state index >= 15 is 0 Å². The van der Waals surface area contributed by atoms with Crippen LogP contribution in [-0.4, -0.2) is 11.3 Å². The molecule has 8 heteroatoms. The SMILES string of the molecule is N#Cc1c(OC(F)(F)F)ncc(Br)c1F. The van der Waals surface area contributed by atoms with Crippen molar-refractivity contribution in [1.29, 1.82) is 5.26 Å². The summed E-state index contributed by atoms with van der Waals surface area (Å²) < 4.78 is 51.6. The van der Waals surface area contributed by atoms with E-state index in [4.69, 9.17) is 5.26 Å². The van der Waals surface area contributed by atoms with Crippen LogP contribution >= 0.6 is 15.9 Å². The Hall–Kier alpha value is -1.36. The molecule has 1 aromatic heterocycles. The maximum absolute atomic E-state index is 13.1. The predicted octanol–water partition coefficient (Wildman–Crippen LogP) is 2.75. The lowest BCUT2D eigenvalue weighted by Gasteiger charge is -2.09. The zero-order chi connectivity index (χ0) is 11.6. The second-order valence-electron chi connectivity index (χ2n) is 2.26. The number of hydrogen-bond acceptors (Lipinski definition) is 3. The summed E-state index contributed by atoms with van der Waals surface area (Å²) in [4.78, 5) is 3.14. The molecule has 0 atom stereocenters. The van der Waals surface area contributed by atoms with Gasteiger partial charge in [-0.25, -0.2) is 9.37 Å². The highest BCUT2D eigenvalue weighted by Crippen LogP contribution is 2.28. The average molecular weight is 285 g/mol. The summed E-state index contributed by atoms with van der Waals surface area (Å²) in [5.41, 5.74) is -0.901. The van der Waals surface area contributed by atoms with Gasteiger partial charge in [-0.15, -0.1) is 13.2 Å². The van der Waals surface area contributed by atoms with Crippen LogP contribution in [0.2, 0.25) is 0 Å². The van der Waals surface area contributed by atoms with Crippen molar-refractivity contribution >= 4 is 15.9 Å². The van der Waals surface area contributed by atoms with Crippen LogP contribution in [-0.2, 0) is 0 Å². The number of alkyl halides is 3. The second-order valence-corrected chi connectivity index (χ2v) is 3.11. The molecule has 0 saturated heterocycles. The first-order chi connectivity index (χ1) is 6.85. The standard InChI is InChI=1S/C7HBrF4N2O/c8-4-2-14-6(15-7(10,11)12)3(1-13)5(4)9/h2H. The fourth-order valence-corrected chi connectivity index (χ4v) is 1.03. The molecule has 80 valence electrons. The highest BCUT2D eigenvalue weighted by atomic mass is 79.9. The Bertz CT molecular complexity index is 426. The highest BCUT2D eigenvalue weighted by molar-refractivity contribution is 9.10. The number of pyridine rings is 1. The van der Waals surface area contributed by atoms with Crippen LogP contribution in [0.1, 0.15) is 5.56 Å². The molecule has 0 aliphatic carbocycles. The van der Waals surface area contributed by atoms with Gasteiger partial charge in [-0.05, 0) is 15.9 Å². The van der Waals surface area contributed by atoms with Gasteiger partial charge < -0.3 is 4.74 Å². The third-order valence-corrected chi connectivity index (χ3v) is 1.82. The maximum atomic E-state index is 13.1. The molecule has 0 radical (unpaired) electrons. The molecular formula is C7HBrF4N2O. The van der Waals surface area contributed by atoms with Crippen molar-refractivity contribution in [2.75, 3.05) is 0 Å². The van der Waals surface area contributed by atoms with Gasteiger partial charge in [0.2, 0.25) is 5.88 Å². The van der Waals surface area contributed by atoms with Crippen LogP contribution in [0.5, 0.6) is 5.88 Å². The third kappa shape index (κ3) is 2.79. The summed E-state index contributed by atoms with van der Waals surface area (Å²) in [5.74, 6) is -2.25. The van der Waals surface area contributed by atoms with Crippen molar-refractivity contribution in [3.63, 3.8) is 0 Å². The summed E-state index contributed by atoms with van der Waals surface area (Å²) in [6.45, 7) is 0. The molecule has 15 heavy (non-hydrogen) atoms. The molecule has 0 fully saturated rings. The minimum Gasteiger partial charge on any atom is -0.386 e. The van der Waals surface area contributed by atoms with Gasteiger partial charge in [0.15, 0.2) is 11.4 Å². The van der Waals surface area contributed by atoms with Gasteiger partial charge in [0.05, 0.1) is 4.47 Å². The highest BCUT2D eigenvalue weighted by Gasteiger charge is 2.34. The molecule has 0 bridgehead atoms. The molecule has 0 spiro atoms. The van der Waals surface area contributed by atoms with Crippen LogP contribution in [0.25, 0.3) is 0 Å². The third-order valence-electron chi connectivity index (χ3n) is 1.26. The lowest BCUT2D eigenvalue weighted by Crippen LogP contribution is -2.19. The molecular weight excluding hydrogens is 284 g/mol. The maximum Gasteiger partial charge on any atom is 0.574 e. The Morgan fingerprint density at radius 1 is 1.47 bits per heavy atom. The van der Waals surface area contributed by atoms with E-state index in [1.807, 2.05) is 0 Å². The smallest absolute Gasteiger partial charge is 0.386 e. The van der Waals surface area contributed by atoms with E-state index in [2.05, 4.69) is 25.7 Å². The van der Waals surface area contributed by atoms with Crippen molar-refractivity contribution in [3.05, 3.63) is 22.1 Å². The molecule has 1 aromatic rings. The van der Waals surface area contributed by atoms with Crippen molar-refractivity contribution < 1.29 is 22.3 Å². The molecule has 0 aliphatic rings. The fourth-order valence-electron chi connectivity index (χ4n) is 0.734. The summed E-state index contributed by atoms with van der Waals surface area (Å²) in [6.07, 6.45) is -4.24. The van der Waals surface area contributed by atoms with Crippen molar-refractivity contribution in [1.82, 2.24) is 4.98 Å². The van der Waals surface area contributed by atoms with Crippen molar-refractivity contribution in [3.8, 4) is 11.9 Å². The number of hydrogen-bond donors (Lipinski definition) is 0. The van der Waals surface area contributed by atoms with Crippen LogP contribution < -0.4 is 4.74 Å².